The first-order chi connectivity index (χ1) is 12.5. The van der Waals surface area contributed by atoms with Crippen molar-refractivity contribution in [1.82, 2.24) is 9.80 Å². The fourth-order valence-electron chi connectivity index (χ4n) is 2.57. The number of nitrogen functional groups attached to an aromatic ring is 1. The Kier molecular flexibility index (Phi) is 6.13. The summed E-state index contributed by atoms with van der Waals surface area (Å²) in [5.41, 5.74) is 5.97. The number of rotatable bonds is 2. The number of aromatic hydroxyl groups is 1. The molecule has 3 N–H and O–H groups in total. The van der Waals surface area contributed by atoms with Crippen LogP contribution in [0.4, 0.5) is 5.69 Å². The van der Waals surface area contributed by atoms with E-state index in [0.717, 1.165) is 0 Å². The molecule has 0 bridgehead atoms. The summed E-state index contributed by atoms with van der Waals surface area (Å²) in [6, 6.07) is 7.97. The molecule has 1 aliphatic rings. The molecule has 3 rings (SSSR count). The number of carbonyl (C=O) groups excluding carboxylic acids is 4. The van der Waals surface area contributed by atoms with E-state index in [1.54, 1.807) is 28.0 Å². The minimum Gasteiger partial charge on any atom is -0.505 e. The maximum Gasteiger partial charge on any atom is 0.373 e. The van der Waals surface area contributed by atoms with Crippen LogP contribution in [0.1, 0.15) is 20.9 Å². The highest BCUT2D eigenvalue weighted by Crippen LogP contribution is 2.26. The Morgan fingerprint density at radius 1 is 1.00 bits per heavy atom. The molecule has 9 heteroatoms. The summed E-state index contributed by atoms with van der Waals surface area (Å²) < 4.78 is 5.10. The molecular weight excluding hydrogens is 342 g/mol. The number of nitrogens with zero attached hydrogens (tertiary/aromatic N) is 2. The molecule has 0 atom stereocenters. The number of amides is 2. The van der Waals surface area contributed by atoms with Crippen LogP contribution in [-0.2, 0) is 9.59 Å². The highest BCUT2D eigenvalue weighted by molar-refractivity contribution is 5.98. The summed E-state index contributed by atoms with van der Waals surface area (Å²) in [4.78, 5) is 44.1. The summed E-state index contributed by atoms with van der Waals surface area (Å²) in [5, 5.41) is 9.91. The minimum absolute atomic E-state index is 0.169. The molecule has 2 amide bonds. The summed E-state index contributed by atoms with van der Waals surface area (Å²) in [6.45, 7) is 1.60. The van der Waals surface area contributed by atoms with Gasteiger partial charge in [-0.2, -0.15) is 9.59 Å². The number of anilines is 1. The summed E-state index contributed by atoms with van der Waals surface area (Å²) in [5.74, 6) is -0.390. The average molecular weight is 359 g/mol. The lowest BCUT2D eigenvalue weighted by molar-refractivity contribution is -0.191. The third-order valence-corrected chi connectivity index (χ3v) is 3.88. The van der Waals surface area contributed by atoms with Gasteiger partial charge in [0.05, 0.1) is 17.5 Å². The monoisotopic (exact) mass is 359 g/mol. The molecule has 1 aliphatic heterocycles. The second-order valence-electron chi connectivity index (χ2n) is 5.39. The highest BCUT2D eigenvalue weighted by atomic mass is 16.3. The van der Waals surface area contributed by atoms with Crippen LogP contribution in [0.25, 0.3) is 0 Å². The molecule has 0 spiro atoms. The zero-order valence-electron chi connectivity index (χ0n) is 13.8. The van der Waals surface area contributed by atoms with Crippen LogP contribution in [0.5, 0.6) is 5.75 Å². The van der Waals surface area contributed by atoms with E-state index < -0.39 is 0 Å². The van der Waals surface area contributed by atoms with E-state index in [4.69, 9.17) is 19.7 Å². The smallest absolute Gasteiger partial charge is 0.373 e. The van der Waals surface area contributed by atoms with Crippen molar-refractivity contribution in [3.05, 3.63) is 47.9 Å². The largest absolute Gasteiger partial charge is 0.505 e. The number of furan rings is 1. The first-order valence-corrected chi connectivity index (χ1v) is 7.68. The Morgan fingerprint density at radius 3 is 2.12 bits per heavy atom. The van der Waals surface area contributed by atoms with Crippen molar-refractivity contribution >= 4 is 23.7 Å². The lowest BCUT2D eigenvalue weighted by Gasteiger charge is -2.34. The van der Waals surface area contributed by atoms with Gasteiger partial charge >= 0.3 is 6.15 Å². The van der Waals surface area contributed by atoms with Crippen LogP contribution in [0.2, 0.25) is 0 Å². The molecular formula is C17H17N3O6. The van der Waals surface area contributed by atoms with Gasteiger partial charge in [0.15, 0.2) is 11.5 Å². The molecule has 0 radical (unpaired) electrons. The van der Waals surface area contributed by atoms with Crippen LogP contribution in [0.15, 0.2) is 41.0 Å². The maximum atomic E-state index is 12.5. The molecule has 1 aromatic carbocycles. The summed E-state index contributed by atoms with van der Waals surface area (Å²) in [6.07, 6.45) is 1.70. The van der Waals surface area contributed by atoms with E-state index in [1.165, 1.54) is 18.4 Å². The molecule has 136 valence electrons. The highest BCUT2D eigenvalue weighted by Gasteiger charge is 2.27. The average Bonchev–Trinajstić information content (AvgIpc) is 3.18. The maximum absolute atomic E-state index is 12.5. The van der Waals surface area contributed by atoms with E-state index in [1.807, 2.05) is 0 Å². The zero-order chi connectivity index (χ0) is 19.1. The fourth-order valence-corrected chi connectivity index (χ4v) is 2.57. The van der Waals surface area contributed by atoms with Gasteiger partial charge in [-0.3, -0.25) is 9.59 Å². The van der Waals surface area contributed by atoms with E-state index in [9.17, 15) is 14.7 Å². The molecule has 26 heavy (non-hydrogen) atoms. The number of para-hydroxylation sites is 1. The predicted octanol–water partition coefficient (Wildman–Crippen LogP) is 0.582. The van der Waals surface area contributed by atoms with Crippen LogP contribution in [0, 0.1) is 0 Å². The van der Waals surface area contributed by atoms with Gasteiger partial charge in [-0.25, -0.2) is 0 Å². The van der Waals surface area contributed by atoms with Crippen molar-refractivity contribution in [3.8, 4) is 5.75 Å². The van der Waals surface area contributed by atoms with Gasteiger partial charge < -0.3 is 25.1 Å². The van der Waals surface area contributed by atoms with Crippen molar-refractivity contribution in [1.29, 1.82) is 0 Å². The normalized spacial score (nSPS) is 13.4. The third-order valence-electron chi connectivity index (χ3n) is 3.88. The topological polar surface area (TPSA) is 134 Å². The SMILES string of the molecule is Nc1cccc(C(=O)N2CCN(C(=O)c3ccco3)CC2)c1O.O=C=O. The fraction of sp³-hybridized carbons (Fsp3) is 0.235. The Bertz CT molecular complexity index is 804. The molecule has 1 saturated heterocycles. The van der Waals surface area contributed by atoms with E-state index >= 15 is 0 Å². The minimum atomic E-state index is -0.292. The van der Waals surface area contributed by atoms with Gasteiger partial charge in [0.2, 0.25) is 0 Å². The predicted molar refractivity (Wildman–Crippen MR) is 88.0 cm³/mol. The van der Waals surface area contributed by atoms with Gasteiger partial charge in [0.25, 0.3) is 11.8 Å². The van der Waals surface area contributed by atoms with Crippen LogP contribution >= 0.6 is 0 Å². The Balaban J connectivity index is 0.000000758. The molecule has 1 fully saturated rings. The third kappa shape index (κ3) is 4.08. The lowest BCUT2D eigenvalue weighted by atomic mass is 10.1. The first-order valence-electron chi connectivity index (χ1n) is 7.68. The van der Waals surface area contributed by atoms with Gasteiger partial charge in [-0.05, 0) is 24.3 Å². The van der Waals surface area contributed by atoms with Gasteiger partial charge in [-0.15, -0.1) is 0 Å². The molecule has 9 nitrogen and oxygen atoms in total. The Morgan fingerprint density at radius 2 is 1.58 bits per heavy atom. The molecule has 1 aromatic heterocycles. The molecule has 0 unspecified atom stereocenters. The zero-order valence-corrected chi connectivity index (χ0v) is 13.8. The van der Waals surface area contributed by atoms with E-state index in [0.29, 0.717) is 31.9 Å². The van der Waals surface area contributed by atoms with Gasteiger partial charge in [-0.1, -0.05) is 6.07 Å². The molecule has 2 heterocycles. The Hall–Kier alpha value is -3.58. The van der Waals surface area contributed by atoms with Crippen molar-refractivity contribution in [2.75, 3.05) is 31.9 Å². The number of carbonyl (C=O) groups is 2. The molecule has 0 saturated carbocycles. The van der Waals surface area contributed by atoms with E-state index in [2.05, 4.69) is 0 Å². The quantitative estimate of drug-likeness (QED) is 0.591. The lowest BCUT2D eigenvalue weighted by Crippen LogP contribution is -2.50. The number of phenols is 1. The number of benzene rings is 1. The van der Waals surface area contributed by atoms with Crippen LogP contribution in [-0.4, -0.2) is 59.1 Å². The van der Waals surface area contributed by atoms with Crippen molar-refractivity contribution in [3.63, 3.8) is 0 Å². The second kappa shape index (κ2) is 8.50. The Labute approximate surface area is 148 Å². The number of piperazine rings is 1. The van der Waals surface area contributed by atoms with Crippen molar-refractivity contribution < 1.29 is 28.7 Å². The van der Waals surface area contributed by atoms with Crippen LogP contribution < -0.4 is 5.73 Å². The van der Waals surface area contributed by atoms with Crippen molar-refractivity contribution in [2.45, 2.75) is 0 Å². The number of nitrogens with two attached hydrogens (primary N) is 1. The standard InChI is InChI=1S/C16H17N3O4.CO2/c17-12-4-1-3-11(14(12)20)15(21)18-6-8-19(9-7-18)16(22)13-5-2-10-23-13;2-1-3/h1-5,10,20H,6-9,17H2;. The molecule has 2 aromatic rings. The van der Waals surface area contributed by atoms with E-state index in [-0.39, 0.29) is 35.0 Å². The first kappa shape index (κ1) is 18.8. The second-order valence-corrected chi connectivity index (χ2v) is 5.39. The van der Waals surface area contributed by atoms with Crippen LogP contribution in [0.3, 0.4) is 0 Å². The number of hydrogen-bond acceptors (Lipinski definition) is 7. The summed E-state index contributed by atoms with van der Waals surface area (Å²) >= 11 is 0. The van der Waals surface area contributed by atoms with Gasteiger partial charge in [0, 0.05) is 26.2 Å². The summed E-state index contributed by atoms with van der Waals surface area (Å²) in [7, 11) is 0. The number of hydrogen-bond donors (Lipinski definition) is 2. The molecule has 0 aliphatic carbocycles. The van der Waals surface area contributed by atoms with Gasteiger partial charge in [0.1, 0.15) is 0 Å². The number of phenolic OH excluding ortho intramolecular Hbond substituents is 1. The van der Waals surface area contributed by atoms with Crippen molar-refractivity contribution in [2.24, 2.45) is 0 Å².